The van der Waals surface area contributed by atoms with Gasteiger partial charge in [-0.2, -0.15) is 0 Å². The lowest BCUT2D eigenvalue weighted by Crippen LogP contribution is -2.27. The number of aldehydes is 1. The number of carbonyl (C=O) groups is 2. The third kappa shape index (κ3) is 1.46. The Morgan fingerprint density at radius 1 is 1.73 bits per heavy atom. The summed E-state index contributed by atoms with van der Waals surface area (Å²) in [5.74, 6) is -0.633. The molecule has 0 saturated heterocycles. The molecule has 0 bridgehead atoms. The van der Waals surface area contributed by atoms with E-state index in [1.165, 1.54) is 18.4 Å². The molecule has 0 radical (unpaired) electrons. The van der Waals surface area contributed by atoms with Crippen LogP contribution in [0.2, 0.25) is 0 Å². The highest BCUT2D eigenvalue weighted by Crippen LogP contribution is 2.09. The summed E-state index contributed by atoms with van der Waals surface area (Å²) in [6.07, 6.45) is 4.01. The zero-order valence-electron chi connectivity index (χ0n) is 5.69. The molecule has 1 amide bonds. The van der Waals surface area contributed by atoms with Crippen molar-refractivity contribution in [3.63, 3.8) is 0 Å². The van der Waals surface area contributed by atoms with Gasteiger partial charge in [0.1, 0.15) is 0 Å². The third-order valence-electron chi connectivity index (χ3n) is 1.29. The minimum Gasteiger partial charge on any atom is -0.486 e. The van der Waals surface area contributed by atoms with Crippen molar-refractivity contribution in [1.82, 2.24) is 0 Å². The van der Waals surface area contributed by atoms with Gasteiger partial charge in [-0.15, -0.1) is 0 Å². The standard InChI is InChI=1S/C7H7NO3/c8-7(10)5-2-1-3-11-6(5)4-9/h1-4,6H,(H2,8,10). The maximum absolute atomic E-state index is 10.6. The topological polar surface area (TPSA) is 69.4 Å². The first-order chi connectivity index (χ1) is 5.25. The van der Waals surface area contributed by atoms with Crippen molar-refractivity contribution in [2.24, 2.45) is 5.73 Å². The molecule has 0 aromatic heterocycles. The van der Waals surface area contributed by atoms with Gasteiger partial charge in [-0.1, -0.05) is 0 Å². The second kappa shape index (κ2) is 3.01. The summed E-state index contributed by atoms with van der Waals surface area (Å²) in [6, 6.07) is 0. The normalized spacial score (nSPS) is 21.8. The van der Waals surface area contributed by atoms with Crippen molar-refractivity contribution >= 4 is 12.2 Å². The summed E-state index contributed by atoms with van der Waals surface area (Å²) in [6.45, 7) is 0. The Hall–Kier alpha value is -1.58. The molecule has 4 heteroatoms. The van der Waals surface area contributed by atoms with Gasteiger partial charge in [0.25, 0.3) is 0 Å². The maximum Gasteiger partial charge on any atom is 0.248 e. The zero-order chi connectivity index (χ0) is 8.27. The first-order valence-corrected chi connectivity index (χ1v) is 3.03. The van der Waals surface area contributed by atoms with Gasteiger partial charge < -0.3 is 10.5 Å². The van der Waals surface area contributed by atoms with Gasteiger partial charge in [-0.25, -0.2) is 0 Å². The van der Waals surface area contributed by atoms with E-state index in [1.54, 1.807) is 0 Å². The Labute approximate surface area is 63.3 Å². The molecule has 0 saturated carbocycles. The fourth-order valence-electron chi connectivity index (χ4n) is 0.769. The number of allylic oxidation sites excluding steroid dienone is 2. The lowest BCUT2D eigenvalue weighted by atomic mass is 10.1. The van der Waals surface area contributed by atoms with E-state index in [1.807, 2.05) is 0 Å². The van der Waals surface area contributed by atoms with Crippen LogP contribution < -0.4 is 5.73 Å². The van der Waals surface area contributed by atoms with E-state index in [9.17, 15) is 9.59 Å². The summed E-state index contributed by atoms with van der Waals surface area (Å²) in [5, 5.41) is 0. The van der Waals surface area contributed by atoms with Gasteiger partial charge in [0.2, 0.25) is 5.91 Å². The molecule has 1 aliphatic rings. The average molecular weight is 153 g/mol. The highest BCUT2D eigenvalue weighted by molar-refractivity contribution is 5.97. The summed E-state index contributed by atoms with van der Waals surface area (Å²) in [7, 11) is 0. The van der Waals surface area contributed by atoms with E-state index in [2.05, 4.69) is 0 Å². The molecule has 1 heterocycles. The van der Waals surface area contributed by atoms with E-state index in [4.69, 9.17) is 10.5 Å². The molecule has 1 atom stereocenters. The summed E-state index contributed by atoms with van der Waals surface area (Å²) in [5.41, 5.74) is 5.14. The molecule has 2 N–H and O–H groups in total. The number of primary amides is 1. The molecule has 0 fully saturated rings. The lowest BCUT2D eigenvalue weighted by Gasteiger charge is -2.13. The fourth-order valence-corrected chi connectivity index (χ4v) is 0.769. The summed E-state index contributed by atoms with van der Waals surface area (Å²) in [4.78, 5) is 20.9. The van der Waals surface area contributed by atoms with Crippen LogP contribution in [-0.4, -0.2) is 18.3 Å². The van der Waals surface area contributed by atoms with Crippen LogP contribution in [0.4, 0.5) is 0 Å². The molecule has 0 aliphatic carbocycles. The minimum atomic E-state index is -0.836. The minimum absolute atomic E-state index is 0.183. The van der Waals surface area contributed by atoms with Crippen LogP contribution >= 0.6 is 0 Å². The van der Waals surface area contributed by atoms with E-state index in [-0.39, 0.29) is 5.57 Å². The Morgan fingerprint density at radius 3 is 2.91 bits per heavy atom. The number of hydrogen-bond acceptors (Lipinski definition) is 3. The summed E-state index contributed by atoms with van der Waals surface area (Å²) >= 11 is 0. The smallest absolute Gasteiger partial charge is 0.248 e. The Kier molecular flexibility index (Phi) is 2.06. The molecule has 11 heavy (non-hydrogen) atoms. The van der Waals surface area contributed by atoms with E-state index >= 15 is 0 Å². The van der Waals surface area contributed by atoms with Crippen LogP contribution in [0.15, 0.2) is 24.0 Å². The van der Waals surface area contributed by atoms with E-state index in [0.717, 1.165) is 0 Å². The second-order valence-electron chi connectivity index (χ2n) is 2.01. The van der Waals surface area contributed by atoms with Crippen LogP contribution in [-0.2, 0) is 14.3 Å². The van der Waals surface area contributed by atoms with Crippen LogP contribution in [0.5, 0.6) is 0 Å². The van der Waals surface area contributed by atoms with Crippen molar-refractivity contribution in [1.29, 1.82) is 0 Å². The zero-order valence-corrected chi connectivity index (χ0v) is 5.69. The van der Waals surface area contributed by atoms with Crippen molar-refractivity contribution in [2.45, 2.75) is 6.10 Å². The number of rotatable bonds is 2. The largest absolute Gasteiger partial charge is 0.486 e. The number of hydrogen-bond donors (Lipinski definition) is 1. The average Bonchev–Trinajstić information content (AvgIpc) is 2.04. The highest BCUT2D eigenvalue weighted by atomic mass is 16.5. The van der Waals surface area contributed by atoms with Gasteiger partial charge >= 0.3 is 0 Å². The maximum atomic E-state index is 10.6. The second-order valence-corrected chi connectivity index (χ2v) is 2.01. The number of amides is 1. The monoisotopic (exact) mass is 153 g/mol. The Morgan fingerprint density at radius 2 is 2.45 bits per heavy atom. The fraction of sp³-hybridized carbons (Fsp3) is 0.143. The molecule has 0 spiro atoms. The SMILES string of the molecule is NC(=O)C1=CC=COC1C=O. The number of ether oxygens (including phenoxy) is 1. The first-order valence-electron chi connectivity index (χ1n) is 3.03. The van der Waals surface area contributed by atoms with Crippen LogP contribution in [0.3, 0.4) is 0 Å². The van der Waals surface area contributed by atoms with Gasteiger partial charge in [0, 0.05) is 0 Å². The van der Waals surface area contributed by atoms with Crippen molar-refractivity contribution < 1.29 is 14.3 Å². The van der Waals surface area contributed by atoms with E-state index < -0.39 is 12.0 Å². The molecular weight excluding hydrogens is 146 g/mol. The lowest BCUT2D eigenvalue weighted by molar-refractivity contribution is -0.120. The van der Waals surface area contributed by atoms with Crippen molar-refractivity contribution in [2.75, 3.05) is 0 Å². The Balaban J connectivity index is 2.86. The molecule has 1 aliphatic heterocycles. The van der Waals surface area contributed by atoms with Gasteiger partial charge in [-0.3, -0.25) is 9.59 Å². The van der Waals surface area contributed by atoms with E-state index in [0.29, 0.717) is 6.29 Å². The highest BCUT2D eigenvalue weighted by Gasteiger charge is 2.19. The molecule has 58 valence electrons. The molecule has 1 rings (SSSR count). The third-order valence-corrected chi connectivity index (χ3v) is 1.29. The molecule has 1 unspecified atom stereocenters. The van der Waals surface area contributed by atoms with Crippen LogP contribution in [0, 0.1) is 0 Å². The predicted molar refractivity (Wildman–Crippen MR) is 37.4 cm³/mol. The number of carbonyl (C=O) groups excluding carboxylic acids is 2. The van der Waals surface area contributed by atoms with Crippen molar-refractivity contribution in [3.8, 4) is 0 Å². The van der Waals surface area contributed by atoms with Crippen LogP contribution in [0.25, 0.3) is 0 Å². The predicted octanol–water partition coefficient (Wildman–Crippen LogP) is -0.491. The van der Waals surface area contributed by atoms with Crippen molar-refractivity contribution in [3.05, 3.63) is 24.0 Å². The van der Waals surface area contributed by atoms with Gasteiger partial charge in [-0.05, 0) is 12.2 Å². The summed E-state index contributed by atoms with van der Waals surface area (Å²) < 4.78 is 4.78. The van der Waals surface area contributed by atoms with Gasteiger partial charge in [0.05, 0.1) is 11.8 Å². The quantitative estimate of drug-likeness (QED) is 0.544. The Bertz CT molecular complexity index is 242. The molecular formula is C7H7NO3. The molecule has 0 aromatic carbocycles. The van der Waals surface area contributed by atoms with Crippen LogP contribution in [0.1, 0.15) is 0 Å². The molecule has 4 nitrogen and oxygen atoms in total. The van der Waals surface area contributed by atoms with Gasteiger partial charge in [0.15, 0.2) is 12.4 Å². The molecule has 0 aromatic rings. The first kappa shape index (κ1) is 7.53. The number of nitrogens with two attached hydrogens (primary N) is 1.